The highest BCUT2D eigenvalue weighted by Gasteiger charge is 2.18. The number of likely N-dealkylation sites (tertiary alicyclic amines) is 1. The second kappa shape index (κ2) is 14.9. The van der Waals surface area contributed by atoms with Crippen LogP contribution in [0, 0.1) is 5.92 Å². The van der Waals surface area contributed by atoms with Crippen LogP contribution in [0.25, 0.3) is 0 Å². The number of hydrogen-bond donors (Lipinski definition) is 3. The summed E-state index contributed by atoms with van der Waals surface area (Å²) < 4.78 is 5.72. The lowest BCUT2D eigenvalue weighted by atomic mass is 9.97. The van der Waals surface area contributed by atoms with E-state index in [1.54, 1.807) is 0 Å². The summed E-state index contributed by atoms with van der Waals surface area (Å²) in [6, 6.07) is 7.63. The molecule has 0 radical (unpaired) electrons. The Morgan fingerprint density at radius 2 is 1.97 bits per heavy atom. The fourth-order valence-corrected chi connectivity index (χ4v) is 3.66. The molecule has 1 aliphatic rings. The van der Waals surface area contributed by atoms with Crippen LogP contribution in [0.5, 0.6) is 5.75 Å². The molecular weight excluding hydrogens is 491 g/mol. The number of benzene rings is 1. The molecule has 7 heteroatoms. The molecule has 0 aliphatic carbocycles. The molecule has 1 unspecified atom stereocenters. The van der Waals surface area contributed by atoms with Gasteiger partial charge in [0.25, 0.3) is 0 Å². The van der Waals surface area contributed by atoms with Gasteiger partial charge in [-0.1, -0.05) is 19.1 Å². The highest BCUT2D eigenvalue weighted by Crippen LogP contribution is 2.20. The Kier molecular flexibility index (Phi) is 13.4. The van der Waals surface area contributed by atoms with Gasteiger partial charge in [-0.05, 0) is 83.3 Å². The van der Waals surface area contributed by atoms with Gasteiger partial charge >= 0.3 is 0 Å². The number of rotatable bonds is 10. The predicted octanol–water partition coefficient (Wildman–Crippen LogP) is 3.80. The fourth-order valence-electron chi connectivity index (χ4n) is 3.66. The molecule has 6 nitrogen and oxygen atoms in total. The first-order valence-electron chi connectivity index (χ1n) is 11.2. The van der Waals surface area contributed by atoms with Crippen molar-refractivity contribution < 1.29 is 9.84 Å². The molecule has 1 fully saturated rings. The van der Waals surface area contributed by atoms with Gasteiger partial charge in [-0.15, -0.1) is 24.0 Å². The van der Waals surface area contributed by atoms with Gasteiger partial charge in [0.1, 0.15) is 5.75 Å². The molecule has 1 aromatic carbocycles. The standard InChI is InChI=1S/C23H40N4O2.HI/c1-5-12-27-13-10-19(11-14-27)16-25-23(24-6-2)26-17-22(28)20-8-7-9-21(15-20)29-18(3)4;/h7-9,15,18-19,22,28H,5-6,10-14,16-17H2,1-4H3,(H2,24,25,26);1H. The molecule has 2 rings (SSSR count). The van der Waals surface area contributed by atoms with Crippen molar-refractivity contribution in [3.05, 3.63) is 29.8 Å². The highest BCUT2D eigenvalue weighted by atomic mass is 127. The van der Waals surface area contributed by atoms with E-state index in [0.29, 0.717) is 12.5 Å². The Hall–Kier alpha value is -1.06. The zero-order valence-corrected chi connectivity index (χ0v) is 21.4. The number of aliphatic hydroxyl groups is 1. The monoisotopic (exact) mass is 532 g/mol. The number of nitrogens with zero attached hydrogens (tertiary/aromatic N) is 2. The third-order valence-corrected chi connectivity index (χ3v) is 5.19. The topological polar surface area (TPSA) is 69.1 Å². The fraction of sp³-hybridized carbons (Fsp3) is 0.696. The average Bonchev–Trinajstić information content (AvgIpc) is 2.71. The molecule has 0 amide bonds. The maximum atomic E-state index is 10.6. The molecule has 1 heterocycles. The normalized spacial score (nSPS) is 16.8. The Bertz CT molecular complexity index is 619. The van der Waals surface area contributed by atoms with Crippen LogP contribution >= 0.6 is 24.0 Å². The summed E-state index contributed by atoms with van der Waals surface area (Å²) in [5.41, 5.74) is 0.825. The van der Waals surface area contributed by atoms with Crippen LogP contribution in [-0.4, -0.2) is 61.3 Å². The number of aliphatic hydroxyl groups excluding tert-OH is 1. The molecule has 172 valence electrons. The van der Waals surface area contributed by atoms with E-state index in [-0.39, 0.29) is 30.1 Å². The summed E-state index contributed by atoms with van der Waals surface area (Å²) in [5, 5.41) is 17.3. The summed E-state index contributed by atoms with van der Waals surface area (Å²) in [7, 11) is 0. The summed E-state index contributed by atoms with van der Waals surface area (Å²) in [6.07, 6.45) is 3.15. The van der Waals surface area contributed by atoms with Crippen LogP contribution in [0.2, 0.25) is 0 Å². The highest BCUT2D eigenvalue weighted by molar-refractivity contribution is 14.0. The van der Waals surface area contributed by atoms with Crippen LogP contribution in [0.3, 0.4) is 0 Å². The molecule has 1 atom stereocenters. The lowest BCUT2D eigenvalue weighted by molar-refractivity contribution is 0.183. The van der Waals surface area contributed by atoms with Crippen molar-refractivity contribution >= 4 is 29.9 Å². The first-order chi connectivity index (χ1) is 14.0. The predicted molar refractivity (Wildman–Crippen MR) is 136 cm³/mol. The number of aliphatic imine (C=N–C) groups is 1. The van der Waals surface area contributed by atoms with E-state index >= 15 is 0 Å². The van der Waals surface area contributed by atoms with Gasteiger partial charge < -0.3 is 25.4 Å². The van der Waals surface area contributed by atoms with Crippen molar-refractivity contribution in [1.29, 1.82) is 0 Å². The number of halogens is 1. The summed E-state index contributed by atoms with van der Waals surface area (Å²) >= 11 is 0. The number of nitrogens with one attached hydrogen (secondary N) is 2. The SMILES string of the molecule is CCCN1CCC(CNC(=NCC(O)c2cccc(OC(C)C)c2)NCC)CC1.I. The lowest BCUT2D eigenvalue weighted by Crippen LogP contribution is -2.43. The van der Waals surface area contributed by atoms with Crippen molar-refractivity contribution in [3.8, 4) is 5.75 Å². The van der Waals surface area contributed by atoms with Gasteiger partial charge in [0.2, 0.25) is 0 Å². The quantitative estimate of drug-likeness (QED) is 0.243. The van der Waals surface area contributed by atoms with E-state index in [2.05, 4.69) is 34.4 Å². The van der Waals surface area contributed by atoms with E-state index < -0.39 is 6.10 Å². The first-order valence-corrected chi connectivity index (χ1v) is 11.2. The third kappa shape index (κ3) is 9.83. The Morgan fingerprint density at radius 1 is 1.23 bits per heavy atom. The molecule has 0 aromatic heterocycles. The Morgan fingerprint density at radius 3 is 2.60 bits per heavy atom. The van der Waals surface area contributed by atoms with E-state index in [1.165, 1.54) is 38.9 Å². The van der Waals surface area contributed by atoms with Gasteiger partial charge in [-0.3, -0.25) is 4.99 Å². The minimum absolute atomic E-state index is 0. The summed E-state index contributed by atoms with van der Waals surface area (Å²) in [5.74, 6) is 2.24. The maximum absolute atomic E-state index is 10.6. The van der Waals surface area contributed by atoms with Crippen LogP contribution in [-0.2, 0) is 0 Å². The second-order valence-corrected chi connectivity index (χ2v) is 8.14. The molecular formula is C23H41IN4O2. The lowest BCUT2D eigenvalue weighted by Gasteiger charge is -2.32. The van der Waals surface area contributed by atoms with Crippen molar-refractivity contribution in [2.24, 2.45) is 10.9 Å². The number of ether oxygens (including phenoxy) is 1. The van der Waals surface area contributed by atoms with Crippen molar-refractivity contribution in [1.82, 2.24) is 15.5 Å². The van der Waals surface area contributed by atoms with Gasteiger partial charge in [0, 0.05) is 13.1 Å². The van der Waals surface area contributed by atoms with Crippen molar-refractivity contribution in [3.63, 3.8) is 0 Å². The molecule has 3 N–H and O–H groups in total. The van der Waals surface area contributed by atoms with Crippen molar-refractivity contribution in [2.75, 3.05) is 39.3 Å². The van der Waals surface area contributed by atoms with Crippen LogP contribution in [0.1, 0.15) is 58.6 Å². The van der Waals surface area contributed by atoms with E-state index in [1.807, 2.05) is 38.1 Å². The first kappa shape index (κ1) is 27.0. The van der Waals surface area contributed by atoms with Gasteiger partial charge in [0.15, 0.2) is 5.96 Å². The van der Waals surface area contributed by atoms with Crippen molar-refractivity contribution in [2.45, 2.75) is 59.2 Å². The third-order valence-electron chi connectivity index (χ3n) is 5.19. The maximum Gasteiger partial charge on any atom is 0.191 e. The summed E-state index contributed by atoms with van der Waals surface area (Å²) in [6.45, 7) is 13.9. The molecule has 1 saturated heterocycles. The number of guanidine groups is 1. The Labute approximate surface area is 199 Å². The molecule has 1 aliphatic heterocycles. The van der Waals surface area contributed by atoms with Crippen LogP contribution < -0.4 is 15.4 Å². The van der Waals surface area contributed by atoms with Crippen LogP contribution in [0.4, 0.5) is 0 Å². The number of hydrogen-bond acceptors (Lipinski definition) is 4. The van der Waals surface area contributed by atoms with Gasteiger partial charge in [-0.2, -0.15) is 0 Å². The van der Waals surface area contributed by atoms with Gasteiger partial charge in [0.05, 0.1) is 18.8 Å². The number of piperidine rings is 1. The molecule has 0 saturated carbocycles. The second-order valence-electron chi connectivity index (χ2n) is 8.14. The zero-order chi connectivity index (χ0) is 21.1. The van der Waals surface area contributed by atoms with Gasteiger partial charge in [-0.25, -0.2) is 0 Å². The molecule has 30 heavy (non-hydrogen) atoms. The van der Waals surface area contributed by atoms with Crippen LogP contribution in [0.15, 0.2) is 29.3 Å². The molecule has 1 aromatic rings. The van der Waals surface area contributed by atoms with E-state index in [0.717, 1.165) is 30.4 Å². The minimum atomic E-state index is -0.654. The minimum Gasteiger partial charge on any atom is -0.491 e. The smallest absolute Gasteiger partial charge is 0.191 e. The van der Waals surface area contributed by atoms with E-state index in [9.17, 15) is 5.11 Å². The molecule has 0 spiro atoms. The Balaban J connectivity index is 0.00000450. The van der Waals surface area contributed by atoms with E-state index in [4.69, 9.17) is 4.74 Å². The summed E-state index contributed by atoms with van der Waals surface area (Å²) in [4.78, 5) is 7.16. The largest absolute Gasteiger partial charge is 0.491 e. The zero-order valence-electron chi connectivity index (χ0n) is 19.1. The molecule has 0 bridgehead atoms. The average molecular weight is 533 g/mol.